The normalized spacial score (nSPS) is 11.3. The molecule has 0 spiro atoms. The molecule has 8 heteroatoms. The van der Waals surface area contributed by atoms with Gasteiger partial charge in [0.05, 0.1) is 16.2 Å². The van der Waals surface area contributed by atoms with E-state index >= 15 is 0 Å². The van der Waals surface area contributed by atoms with Crippen LogP contribution in [0, 0.1) is 0 Å². The van der Waals surface area contributed by atoms with Gasteiger partial charge in [-0.15, -0.1) is 0 Å². The van der Waals surface area contributed by atoms with E-state index in [4.69, 9.17) is 23.2 Å². The molecule has 2 aromatic heterocycles. The van der Waals surface area contributed by atoms with E-state index in [9.17, 15) is 4.79 Å². The molecule has 120 valence electrons. The lowest BCUT2D eigenvalue weighted by Crippen LogP contribution is -2.17. The van der Waals surface area contributed by atoms with Gasteiger partial charge in [-0.1, -0.05) is 29.3 Å². The van der Waals surface area contributed by atoms with Crippen LogP contribution in [-0.4, -0.2) is 19.7 Å². The Balaban J connectivity index is 1.86. The SMILES string of the molecule is CC(C)n1ncc2nc(NCc3ccc(Cl)c(Cl)c3)[nH]c(=O)c21. The number of fused-ring (bicyclic) bond motifs is 1. The summed E-state index contributed by atoms with van der Waals surface area (Å²) < 4.78 is 1.66. The van der Waals surface area contributed by atoms with Gasteiger partial charge >= 0.3 is 0 Å². The average molecular weight is 352 g/mol. The highest BCUT2D eigenvalue weighted by molar-refractivity contribution is 6.42. The maximum atomic E-state index is 12.3. The molecule has 0 aliphatic rings. The van der Waals surface area contributed by atoms with Crippen LogP contribution in [-0.2, 0) is 6.54 Å². The van der Waals surface area contributed by atoms with Crippen molar-refractivity contribution in [2.45, 2.75) is 26.4 Å². The highest BCUT2D eigenvalue weighted by Crippen LogP contribution is 2.23. The number of benzene rings is 1. The van der Waals surface area contributed by atoms with Crippen LogP contribution >= 0.6 is 23.2 Å². The topological polar surface area (TPSA) is 75.6 Å². The minimum absolute atomic E-state index is 0.0884. The fourth-order valence-electron chi connectivity index (χ4n) is 2.28. The largest absolute Gasteiger partial charge is 0.352 e. The molecule has 6 nitrogen and oxygen atoms in total. The van der Waals surface area contributed by atoms with Gasteiger partial charge in [0.1, 0.15) is 5.52 Å². The van der Waals surface area contributed by atoms with Crippen molar-refractivity contribution in [1.82, 2.24) is 19.7 Å². The molecule has 0 aliphatic carbocycles. The summed E-state index contributed by atoms with van der Waals surface area (Å²) in [7, 11) is 0. The van der Waals surface area contributed by atoms with Gasteiger partial charge in [0.15, 0.2) is 5.52 Å². The second kappa shape index (κ2) is 6.22. The Morgan fingerprint density at radius 1 is 1.30 bits per heavy atom. The molecule has 0 aliphatic heterocycles. The van der Waals surface area contributed by atoms with Crippen molar-refractivity contribution >= 4 is 40.2 Å². The zero-order chi connectivity index (χ0) is 16.6. The van der Waals surface area contributed by atoms with E-state index in [0.29, 0.717) is 33.6 Å². The molecule has 3 aromatic rings. The summed E-state index contributed by atoms with van der Waals surface area (Å²) in [6.07, 6.45) is 1.59. The molecule has 23 heavy (non-hydrogen) atoms. The van der Waals surface area contributed by atoms with E-state index in [1.165, 1.54) is 0 Å². The first-order chi connectivity index (χ1) is 11.0. The van der Waals surface area contributed by atoms with Crippen molar-refractivity contribution in [3.05, 3.63) is 50.4 Å². The van der Waals surface area contributed by atoms with E-state index in [-0.39, 0.29) is 11.6 Å². The van der Waals surface area contributed by atoms with Crippen molar-refractivity contribution < 1.29 is 0 Å². The van der Waals surface area contributed by atoms with Gasteiger partial charge < -0.3 is 5.32 Å². The van der Waals surface area contributed by atoms with Crippen LogP contribution < -0.4 is 10.9 Å². The van der Waals surface area contributed by atoms with Crippen LogP contribution in [0.25, 0.3) is 11.0 Å². The third-order valence-electron chi connectivity index (χ3n) is 3.39. The molecule has 0 atom stereocenters. The van der Waals surface area contributed by atoms with Gasteiger partial charge in [-0.25, -0.2) is 4.98 Å². The molecule has 0 unspecified atom stereocenters. The first-order valence-electron chi connectivity index (χ1n) is 7.11. The summed E-state index contributed by atoms with van der Waals surface area (Å²) >= 11 is 11.9. The fraction of sp³-hybridized carbons (Fsp3) is 0.267. The highest BCUT2D eigenvalue weighted by atomic mass is 35.5. The van der Waals surface area contributed by atoms with Crippen LogP contribution in [0.2, 0.25) is 10.0 Å². The Hall–Kier alpha value is -2.05. The van der Waals surface area contributed by atoms with Gasteiger partial charge in [-0.05, 0) is 31.5 Å². The number of nitrogens with zero attached hydrogens (tertiary/aromatic N) is 3. The predicted molar refractivity (Wildman–Crippen MR) is 92.3 cm³/mol. The van der Waals surface area contributed by atoms with Crippen LogP contribution in [0.4, 0.5) is 5.95 Å². The number of aromatic amines is 1. The van der Waals surface area contributed by atoms with E-state index in [0.717, 1.165) is 5.56 Å². The lowest BCUT2D eigenvalue weighted by Gasteiger charge is -2.08. The smallest absolute Gasteiger partial charge is 0.278 e. The molecule has 0 saturated carbocycles. The van der Waals surface area contributed by atoms with Crippen molar-refractivity contribution in [1.29, 1.82) is 0 Å². The first kappa shape index (κ1) is 15.8. The van der Waals surface area contributed by atoms with Crippen LogP contribution in [0.5, 0.6) is 0 Å². The maximum Gasteiger partial charge on any atom is 0.278 e. The van der Waals surface area contributed by atoms with Crippen LogP contribution in [0.3, 0.4) is 0 Å². The molecule has 2 N–H and O–H groups in total. The zero-order valence-corrected chi connectivity index (χ0v) is 14.1. The lowest BCUT2D eigenvalue weighted by molar-refractivity contribution is 0.549. The molecule has 0 amide bonds. The number of rotatable bonds is 4. The Morgan fingerprint density at radius 3 is 2.78 bits per heavy atom. The second-order valence-electron chi connectivity index (χ2n) is 5.43. The number of anilines is 1. The molecule has 3 rings (SSSR count). The molecule has 0 saturated heterocycles. The Kier molecular flexibility index (Phi) is 4.28. The maximum absolute atomic E-state index is 12.3. The van der Waals surface area contributed by atoms with E-state index in [1.807, 2.05) is 19.9 Å². The summed E-state index contributed by atoms with van der Waals surface area (Å²) in [5, 5.41) is 8.28. The molecule has 0 bridgehead atoms. The number of nitrogens with one attached hydrogen (secondary N) is 2. The van der Waals surface area contributed by atoms with E-state index < -0.39 is 0 Å². The van der Waals surface area contributed by atoms with Gasteiger partial charge in [0, 0.05) is 12.6 Å². The van der Waals surface area contributed by atoms with Gasteiger partial charge in [0.25, 0.3) is 5.56 Å². The number of H-pyrrole nitrogens is 1. The molecular formula is C15H15Cl2N5O. The van der Waals surface area contributed by atoms with Gasteiger partial charge in [-0.3, -0.25) is 14.5 Å². The number of aromatic nitrogens is 4. The number of hydrogen-bond acceptors (Lipinski definition) is 4. The van der Waals surface area contributed by atoms with Gasteiger partial charge in [0.2, 0.25) is 5.95 Å². The lowest BCUT2D eigenvalue weighted by atomic mass is 10.2. The third-order valence-corrected chi connectivity index (χ3v) is 4.13. The quantitative estimate of drug-likeness (QED) is 0.752. The summed E-state index contributed by atoms with van der Waals surface area (Å²) in [5.41, 5.74) is 1.73. The summed E-state index contributed by atoms with van der Waals surface area (Å²) in [4.78, 5) is 19.4. The van der Waals surface area contributed by atoms with Crippen LogP contribution in [0.15, 0.2) is 29.2 Å². The standard InChI is InChI=1S/C15H15Cl2N5O/c1-8(2)22-13-12(7-19-22)20-15(21-14(13)23)18-6-9-3-4-10(16)11(17)5-9/h3-5,7-8H,6H2,1-2H3,(H2,18,20,21,23). The predicted octanol–water partition coefficient (Wildman–Crippen LogP) is 3.62. The Morgan fingerprint density at radius 2 is 2.09 bits per heavy atom. The summed E-state index contributed by atoms with van der Waals surface area (Å²) in [5.74, 6) is 0.386. The van der Waals surface area contributed by atoms with Crippen LogP contribution in [0.1, 0.15) is 25.5 Å². The fourth-order valence-corrected chi connectivity index (χ4v) is 2.60. The minimum atomic E-state index is -0.224. The number of halogens is 2. The van der Waals surface area contributed by atoms with Crippen molar-refractivity contribution in [3.8, 4) is 0 Å². The molecule has 0 fully saturated rings. The van der Waals surface area contributed by atoms with E-state index in [2.05, 4.69) is 20.4 Å². The average Bonchev–Trinajstić information content (AvgIpc) is 2.93. The van der Waals surface area contributed by atoms with Crippen molar-refractivity contribution in [3.63, 3.8) is 0 Å². The summed E-state index contributed by atoms with van der Waals surface area (Å²) in [6.45, 7) is 4.38. The molecule has 1 aromatic carbocycles. The summed E-state index contributed by atoms with van der Waals surface area (Å²) in [6, 6.07) is 5.44. The van der Waals surface area contributed by atoms with E-state index in [1.54, 1.807) is 23.0 Å². The zero-order valence-electron chi connectivity index (χ0n) is 12.6. The Bertz CT molecular complexity index is 916. The molecule has 2 heterocycles. The first-order valence-corrected chi connectivity index (χ1v) is 7.86. The van der Waals surface area contributed by atoms with Crippen molar-refractivity contribution in [2.75, 3.05) is 5.32 Å². The van der Waals surface area contributed by atoms with Crippen molar-refractivity contribution in [2.24, 2.45) is 0 Å². The van der Waals surface area contributed by atoms with Gasteiger partial charge in [-0.2, -0.15) is 5.10 Å². The minimum Gasteiger partial charge on any atom is -0.352 e. The monoisotopic (exact) mass is 351 g/mol. The molecular weight excluding hydrogens is 337 g/mol. The number of hydrogen-bond donors (Lipinski definition) is 2. The highest BCUT2D eigenvalue weighted by Gasteiger charge is 2.12. The molecule has 0 radical (unpaired) electrons. The second-order valence-corrected chi connectivity index (χ2v) is 6.25. The third kappa shape index (κ3) is 3.18. The Labute approximate surface area is 142 Å².